The molecule has 2 aromatic rings. The molecule has 108 valence electrons. The van der Waals surface area contributed by atoms with Gasteiger partial charge >= 0.3 is 0 Å². The Morgan fingerprint density at radius 2 is 2.00 bits per heavy atom. The van der Waals surface area contributed by atoms with Gasteiger partial charge in [-0.05, 0) is 20.3 Å². The summed E-state index contributed by atoms with van der Waals surface area (Å²) in [5.74, 6) is 6.65. The van der Waals surface area contributed by atoms with Crippen molar-refractivity contribution in [2.75, 3.05) is 10.7 Å². The number of hydrazine groups is 1. The molecule has 0 amide bonds. The molecule has 0 saturated carbocycles. The summed E-state index contributed by atoms with van der Waals surface area (Å²) in [5, 5.41) is 3.30. The van der Waals surface area contributed by atoms with E-state index < -0.39 is 0 Å². The number of rotatable bonds is 6. The molecule has 0 spiro atoms. The number of anilines is 2. The molecule has 8 heteroatoms. The summed E-state index contributed by atoms with van der Waals surface area (Å²) >= 11 is 0. The SMILES string of the molecule is CCCC(C)(C)Nc1nc(NN)nc(-n2ccnc2)n1. The zero-order valence-electron chi connectivity index (χ0n) is 12.0. The molecule has 20 heavy (non-hydrogen) atoms. The van der Waals surface area contributed by atoms with E-state index in [0.717, 1.165) is 12.8 Å². The molecule has 0 fully saturated rings. The van der Waals surface area contributed by atoms with Gasteiger partial charge in [0, 0.05) is 17.9 Å². The maximum atomic E-state index is 5.41. The van der Waals surface area contributed by atoms with Crippen molar-refractivity contribution >= 4 is 11.9 Å². The van der Waals surface area contributed by atoms with Crippen LogP contribution in [0.25, 0.3) is 5.95 Å². The molecule has 0 aliphatic carbocycles. The molecule has 0 radical (unpaired) electrons. The number of nitrogens with one attached hydrogen (secondary N) is 2. The van der Waals surface area contributed by atoms with Crippen molar-refractivity contribution < 1.29 is 0 Å². The van der Waals surface area contributed by atoms with E-state index >= 15 is 0 Å². The van der Waals surface area contributed by atoms with Gasteiger partial charge in [0.05, 0.1) is 0 Å². The van der Waals surface area contributed by atoms with E-state index in [-0.39, 0.29) is 5.54 Å². The Balaban J connectivity index is 2.31. The van der Waals surface area contributed by atoms with E-state index in [1.54, 1.807) is 23.3 Å². The molecular formula is C12H20N8. The van der Waals surface area contributed by atoms with Crippen LogP contribution in [0.15, 0.2) is 18.7 Å². The molecule has 4 N–H and O–H groups in total. The number of hydrogen-bond donors (Lipinski definition) is 3. The summed E-state index contributed by atoms with van der Waals surface area (Å²) in [5.41, 5.74) is 2.35. The minimum atomic E-state index is -0.103. The Labute approximate surface area is 117 Å². The van der Waals surface area contributed by atoms with E-state index in [4.69, 9.17) is 5.84 Å². The van der Waals surface area contributed by atoms with E-state index in [1.807, 2.05) is 0 Å². The highest BCUT2D eigenvalue weighted by Gasteiger charge is 2.18. The first-order valence-electron chi connectivity index (χ1n) is 6.53. The molecule has 0 unspecified atom stereocenters. The molecule has 0 aromatic carbocycles. The van der Waals surface area contributed by atoms with Crippen LogP contribution in [0.3, 0.4) is 0 Å². The van der Waals surface area contributed by atoms with Crippen LogP contribution in [0.4, 0.5) is 11.9 Å². The maximum absolute atomic E-state index is 5.41. The smallest absolute Gasteiger partial charge is 0.243 e. The normalized spacial score (nSPS) is 11.4. The van der Waals surface area contributed by atoms with Crippen LogP contribution < -0.4 is 16.6 Å². The summed E-state index contributed by atoms with van der Waals surface area (Å²) in [6.45, 7) is 6.35. The Kier molecular flexibility index (Phi) is 4.14. The van der Waals surface area contributed by atoms with E-state index in [0.29, 0.717) is 17.8 Å². The lowest BCUT2D eigenvalue weighted by Crippen LogP contribution is -2.32. The summed E-state index contributed by atoms with van der Waals surface area (Å²) in [6, 6.07) is 0. The fraction of sp³-hybridized carbons (Fsp3) is 0.500. The molecule has 2 aromatic heterocycles. The second-order valence-electron chi connectivity index (χ2n) is 5.16. The van der Waals surface area contributed by atoms with Gasteiger partial charge in [-0.1, -0.05) is 13.3 Å². The van der Waals surface area contributed by atoms with Gasteiger partial charge in [0.1, 0.15) is 6.33 Å². The molecule has 2 heterocycles. The summed E-state index contributed by atoms with van der Waals surface area (Å²) in [6.07, 6.45) is 7.12. The lowest BCUT2D eigenvalue weighted by molar-refractivity contribution is 0.506. The summed E-state index contributed by atoms with van der Waals surface area (Å²) in [4.78, 5) is 16.8. The second kappa shape index (κ2) is 5.83. The number of imidazole rings is 1. The van der Waals surface area contributed by atoms with Gasteiger partial charge < -0.3 is 5.32 Å². The van der Waals surface area contributed by atoms with Crippen LogP contribution in [0.1, 0.15) is 33.6 Å². The lowest BCUT2D eigenvalue weighted by atomic mass is 9.99. The Bertz CT molecular complexity index is 549. The lowest BCUT2D eigenvalue weighted by Gasteiger charge is -2.25. The largest absolute Gasteiger partial charge is 0.349 e. The monoisotopic (exact) mass is 276 g/mol. The third kappa shape index (κ3) is 3.41. The van der Waals surface area contributed by atoms with Crippen molar-refractivity contribution in [1.82, 2.24) is 24.5 Å². The van der Waals surface area contributed by atoms with Gasteiger partial charge in [-0.3, -0.25) is 9.99 Å². The van der Waals surface area contributed by atoms with Crippen LogP contribution in [0.5, 0.6) is 0 Å². The summed E-state index contributed by atoms with van der Waals surface area (Å²) in [7, 11) is 0. The zero-order valence-corrected chi connectivity index (χ0v) is 12.0. The first kappa shape index (κ1) is 14.2. The van der Waals surface area contributed by atoms with Crippen molar-refractivity contribution in [1.29, 1.82) is 0 Å². The minimum Gasteiger partial charge on any atom is -0.349 e. The average Bonchev–Trinajstić information content (AvgIpc) is 2.91. The third-order valence-electron chi connectivity index (χ3n) is 2.81. The van der Waals surface area contributed by atoms with E-state index in [1.165, 1.54) is 0 Å². The first-order chi connectivity index (χ1) is 9.54. The second-order valence-corrected chi connectivity index (χ2v) is 5.16. The fourth-order valence-electron chi connectivity index (χ4n) is 1.97. The predicted octanol–water partition coefficient (Wildman–Crippen LogP) is 1.33. The number of hydrogen-bond acceptors (Lipinski definition) is 7. The molecule has 8 nitrogen and oxygen atoms in total. The standard InChI is InChI=1S/C12H20N8/c1-4-5-12(2,3)18-9-15-10(19-13)17-11(16-9)20-7-6-14-8-20/h6-8H,4-5,13H2,1-3H3,(H2,15,16,17,18,19). The number of nitrogens with zero attached hydrogens (tertiary/aromatic N) is 5. The van der Waals surface area contributed by atoms with Gasteiger partial charge in [-0.25, -0.2) is 10.8 Å². The van der Waals surface area contributed by atoms with Crippen LogP contribution in [0.2, 0.25) is 0 Å². The van der Waals surface area contributed by atoms with E-state index in [9.17, 15) is 0 Å². The van der Waals surface area contributed by atoms with Gasteiger partial charge in [0.25, 0.3) is 0 Å². The Morgan fingerprint density at radius 3 is 2.60 bits per heavy atom. The number of nitrogens with two attached hydrogens (primary N) is 1. The van der Waals surface area contributed by atoms with E-state index in [2.05, 4.69) is 51.4 Å². The van der Waals surface area contributed by atoms with Crippen LogP contribution in [-0.2, 0) is 0 Å². The zero-order chi connectivity index (χ0) is 14.6. The van der Waals surface area contributed by atoms with Gasteiger partial charge in [-0.2, -0.15) is 15.0 Å². The highest BCUT2D eigenvalue weighted by Crippen LogP contribution is 2.18. The highest BCUT2D eigenvalue weighted by atomic mass is 15.4. The van der Waals surface area contributed by atoms with Crippen molar-refractivity contribution in [3.8, 4) is 5.95 Å². The minimum absolute atomic E-state index is 0.103. The van der Waals surface area contributed by atoms with Crippen molar-refractivity contribution in [2.24, 2.45) is 5.84 Å². The molecule has 0 aliphatic heterocycles. The Hall–Kier alpha value is -2.22. The quantitative estimate of drug-likeness (QED) is 0.539. The van der Waals surface area contributed by atoms with Gasteiger partial charge in [0.2, 0.25) is 17.8 Å². The van der Waals surface area contributed by atoms with Gasteiger partial charge in [-0.15, -0.1) is 0 Å². The molecule has 0 bridgehead atoms. The van der Waals surface area contributed by atoms with Crippen LogP contribution in [0, 0.1) is 0 Å². The van der Waals surface area contributed by atoms with Crippen molar-refractivity contribution in [3.05, 3.63) is 18.7 Å². The van der Waals surface area contributed by atoms with Crippen molar-refractivity contribution in [2.45, 2.75) is 39.2 Å². The van der Waals surface area contributed by atoms with Crippen LogP contribution >= 0.6 is 0 Å². The molecule has 0 atom stereocenters. The first-order valence-corrected chi connectivity index (χ1v) is 6.53. The summed E-state index contributed by atoms with van der Waals surface area (Å²) < 4.78 is 1.69. The topological polar surface area (TPSA) is 107 Å². The maximum Gasteiger partial charge on any atom is 0.243 e. The molecule has 2 rings (SSSR count). The third-order valence-corrected chi connectivity index (χ3v) is 2.81. The molecular weight excluding hydrogens is 256 g/mol. The fourth-order valence-corrected chi connectivity index (χ4v) is 1.97. The van der Waals surface area contributed by atoms with Crippen molar-refractivity contribution in [3.63, 3.8) is 0 Å². The average molecular weight is 276 g/mol. The number of nitrogen functional groups attached to an aromatic ring is 1. The predicted molar refractivity (Wildman–Crippen MR) is 77.4 cm³/mol. The molecule has 0 saturated heterocycles. The van der Waals surface area contributed by atoms with Gasteiger partial charge in [0.15, 0.2) is 0 Å². The Morgan fingerprint density at radius 1 is 1.25 bits per heavy atom. The highest BCUT2D eigenvalue weighted by molar-refractivity contribution is 5.38. The molecule has 0 aliphatic rings. The number of aromatic nitrogens is 5. The van der Waals surface area contributed by atoms with Crippen LogP contribution in [-0.4, -0.2) is 30.0 Å².